The Morgan fingerprint density at radius 2 is 1.10 bits per heavy atom. The summed E-state index contributed by atoms with van der Waals surface area (Å²) in [7, 11) is -3.01. The first-order valence-electron chi connectivity index (χ1n) is 13.4. The number of fused-ring (bicyclic) bond motifs is 5. The van der Waals surface area contributed by atoms with Crippen molar-refractivity contribution in [2.75, 3.05) is 0 Å². The van der Waals surface area contributed by atoms with E-state index in [0.717, 1.165) is 49.7 Å². The van der Waals surface area contributed by atoms with Gasteiger partial charge in [-0.1, -0.05) is 121 Å². The van der Waals surface area contributed by atoms with E-state index < -0.39 is 7.14 Å². The first-order valence-corrected chi connectivity index (χ1v) is 15.1. The summed E-state index contributed by atoms with van der Waals surface area (Å²) in [6.07, 6.45) is 0. The second-order valence-corrected chi connectivity index (χ2v) is 12.9. The molecule has 1 aliphatic rings. The number of ether oxygens (including phenoxy) is 1. The topological polar surface area (TPSA) is 31.2 Å². The maximum absolute atomic E-state index is 14.7. The maximum atomic E-state index is 14.7. The summed E-state index contributed by atoms with van der Waals surface area (Å²) in [4.78, 5) is 0. The van der Waals surface area contributed by atoms with Crippen LogP contribution >= 0.6 is 7.14 Å². The Morgan fingerprint density at radius 3 is 1.82 bits per heavy atom. The normalized spacial score (nSPS) is 12.3. The first kappa shape index (κ1) is 23.1. The fourth-order valence-electron chi connectivity index (χ4n) is 5.99. The van der Waals surface area contributed by atoms with Crippen LogP contribution in [-0.4, -0.2) is 4.57 Å². The summed E-state index contributed by atoms with van der Waals surface area (Å²) in [5.41, 5.74) is 5.40. The van der Waals surface area contributed by atoms with Gasteiger partial charge < -0.3 is 13.9 Å². The van der Waals surface area contributed by atoms with Crippen LogP contribution in [0.1, 0.15) is 0 Å². The zero-order chi connectivity index (χ0) is 26.7. The second kappa shape index (κ2) is 8.84. The van der Waals surface area contributed by atoms with Gasteiger partial charge in [0.1, 0.15) is 0 Å². The van der Waals surface area contributed by atoms with Gasteiger partial charge in [-0.2, -0.15) is 0 Å². The Labute approximate surface area is 232 Å². The molecule has 0 amide bonds. The van der Waals surface area contributed by atoms with Gasteiger partial charge in [-0.3, -0.25) is 0 Å². The molecule has 8 rings (SSSR count). The lowest BCUT2D eigenvalue weighted by atomic mass is 10.0. The fraction of sp³-hybridized carbons (Fsp3) is 0. The van der Waals surface area contributed by atoms with Crippen molar-refractivity contribution >= 4 is 44.9 Å². The Kier molecular flexibility index (Phi) is 5.10. The molecule has 2 heterocycles. The van der Waals surface area contributed by atoms with Gasteiger partial charge in [-0.15, -0.1) is 0 Å². The number of hydrogen-bond acceptors (Lipinski definition) is 2. The molecule has 7 aromatic rings. The summed E-state index contributed by atoms with van der Waals surface area (Å²) in [5.74, 6) is 1.68. The molecular weight excluding hydrogens is 509 g/mol. The third kappa shape index (κ3) is 3.35. The van der Waals surface area contributed by atoms with Crippen molar-refractivity contribution in [2.45, 2.75) is 0 Å². The van der Waals surface area contributed by atoms with E-state index >= 15 is 0 Å². The molecule has 1 aromatic heterocycles. The van der Waals surface area contributed by atoms with Crippen molar-refractivity contribution in [3.05, 3.63) is 146 Å². The zero-order valence-electron chi connectivity index (χ0n) is 21.6. The highest BCUT2D eigenvalue weighted by atomic mass is 31.2. The number of nitrogens with zero attached hydrogens (tertiary/aromatic N) is 1. The standard InChI is InChI=1S/C36H24NO2P/c38-40(27-10-3-1-4-11-27,28-12-5-2-6-13-28)29-21-18-25(19-22-29)26-20-23-33-35(24-26)39-34-17-9-15-31-30-14-7-8-16-32(30)37(33)36(31)34/h1-24H. The van der Waals surface area contributed by atoms with Crippen LogP contribution in [0.5, 0.6) is 11.5 Å². The highest BCUT2D eigenvalue weighted by Crippen LogP contribution is 2.46. The van der Waals surface area contributed by atoms with Crippen molar-refractivity contribution in [1.29, 1.82) is 0 Å². The van der Waals surface area contributed by atoms with Gasteiger partial charge >= 0.3 is 0 Å². The molecule has 0 saturated carbocycles. The van der Waals surface area contributed by atoms with Gasteiger partial charge in [0.15, 0.2) is 18.6 Å². The SMILES string of the molecule is O=P(c1ccccc1)(c1ccccc1)c1ccc(-c2ccc3c(c2)Oc2cccc4c5ccccc5n-3c24)cc1. The van der Waals surface area contributed by atoms with Gasteiger partial charge in [0.2, 0.25) is 0 Å². The van der Waals surface area contributed by atoms with E-state index in [4.69, 9.17) is 4.74 Å². The van der Waals surface area contributed by atoms with Gasteiger partial charge in [0.05, 0.1) is 16.7 Å². The predicted molar refractivity (Wildman–Crippen MR) is 166 cm³/mol. The predicted octanol–water partition coefficient (Wildman–Crippen LogP) is 8.20. The number of hydrogen-bond donors (Lipinski definition) is 0. The van der Waals surface area contributed by atoms with Crippen molar-refractivity contribution in [3.63, 3.8) is 0 Å². The summed E-state index contributed by atoms with van der Waals surface area (Å²) in [6.45, 7) is 0. The van der Waals surface area contributed by atoms with Crippen LogP contribution in [0.25, 0.3) is 38.6 Å². The minimum atomic E-state index is -3.01. The second-order valence-electron chi connectivity index (χ2n) is 10.1. The summed E-state index contributed by atoms with van der Waals surface area (Å²) < 4.78 is 23.5. The minimum Gasteiger partial charge on any atom is -0.453 e. The molecule has 0 N–H and O–H groups in total. The average Bonchev–Trinajstić information content (AvgIpc) is 3.37. The van der Waals surface area contributed by atoms with Crippen molar-refractivity contribution < 1.29 is 9.30 Å². The molecule has 4 heteroatoms. The van der Waals surface area contributed by atoms with E-state index in [9.17, 15) is 4.57 Å². The first-order chi connectivity index (χ1) is 19.7. The summed E-state index contributed by atoms with van der Waals surface area (Å²) >= 11 is 0. The van der Waals surface area contributed by atoms with Crippen LogP contribution in [0.15, 0.2) is 146 Å². The molecule has 0 radical (unpaired) electrons. The number of para-hydroxylation sites is 2. The third-order valence-corrected chi connectivity index (χ3v) is 11.0. The molecule has 0 aliphatic carbocycles. The molecule has 1 aliphatic heterocycles. The largest absolute Gasteiger partial charge is 0.453 e. The lowest BCUT2D eigenvalue weighted by molar-refractivity contribution is 0.476. The van der Waals surface area contributed by atoms with Crippen LogP contribution in [0.3, 0.4) is 0 Å². The van der Waals surface area contributed by atoms with E-state index in [0.29, 0.717) is 0 Å². The average molecular weight is 534 g/mol. The molecule has 3 nitrogen and oxygen atoms in total. The molecule has 0 unspecified atom stereocenters. The Bertz CT molecular complexity index is 2050. The Morgan fingerprint density at radius 1 is 0.500 bits per heavy atom. The minimum absolute atomic E-state index is 0.818. The van der Waals surface area contributed by atoms with Gasteiger partial charge in [-0.25, -0.2) is 0 Å². The van der Waals surface area contributed by atoms with Gasteiger partial charge in [0.25, 0.3) is 0 Å². The molecule has 0 fully saturated rings. The molecule has 0 saturated heterocycles. The van der Waals surface area contributed by atoms with E-state index in [1.165, 1.54) is 16.3 Å². The zero-order valence-corrected chi connectivity index (χ0v) is 22.5. The molecule has 0 atom stereocenters. The van der Waals surface area contributed by atoms with Crippen molar-refractivity contribution in [1.82, 2.24) is 4.57 Å². The Balaban J connectivity index is 1.23. The third-order valence-electron chi connectivity index (χ3n) is 7.88. The maximum Gasteiger partial charge on any atom is 0.171 e. The quantitative estimate of drug-likeness (QED) is 0.214. The number of aromatic nitrogens is 1. The Hall–Kier alpha value is -4.85. The van der Waals surface area contributed by atoms with Gasteiger partial charge in [-0.05, 0) is 35.4 Å². The van der Waals surface area contributed by atoms with Crippen LogP contribution in [0.2, 0.25) is 0 Å². The van der Waals surface area contributed by atoms with Crippen molar-refractivity contribution in [2.24, 2.45) is 0 Å². The van der Waals surface area contributed by atoms with E-state index in [1.807, 2.05) is 78.9 Å². The van der Waals surface area contributed by atoms with Gasteiger partial charge in [0, 0.05) is 26.7 Å². The fourth-order valence-corrected chi connectivity index (χ4v) is 8.63. The molecule has 6 aromatic carbocycles. The van der Waals surface area contributed by atoms with Crippen LogP contribution < -0.4 is 20.7 Å². The highest BCUT2D eigenvalue weighted by molar-refractivity contribution is 7.85. The van der Waals surface area contributed by atoms with Crippen LogP contribution in [-0.2, 0) is 4.57 Å². The van der Waals surface area contributed by atoms with E-state index in [-0.39, 0.29) is 0 Å². The number of rotatable bonds is 4. The smallest absolute Gasteiger partial charge is 0.171 e. The van der Waals surface area contributed by atoms with E-state index in [1.54, 1.807) is 0 Å². The molecule has 40 heavy (non-hydrogen) atoms. The molecular formula is C36H24NO2P. The summed E-state index contributed by atoms with van der Waals surface area (Å²) in [5, 5.41) is 4.90. The molecule has 190 valence electrons. The number of benzene rings is 6. The van der Waals surface area contributed by atoms with E-state index in [2.05, 4.69) is 71.3 Å². The highest BCUT2D eigenvalue weighted by Gasteiger charge is 2.29. The lowest BCUT2D eigenvalue weighted by Gasteiger charge is -2.22. The molecule has 0 spiro atoms. The van der Waals surface area contributed by atoms with Crippen LogP contribution in [0.4, 0.5) is 0 Å². The van der Waals surface area contributed by atoms with Crippen LogP contribution in [0, 0.1) is 0 Å². The summed E-state index contributed by atoms with van der Waals surface area (Å²) in [6, 6.07) is 48.8. The van der Waals surface area contributed by atoms with Crippen molar-refractivity contribution in [3.8, 4) is 28.3 Å². The monoisotopic (exact) mass is 533 g/mol. The lowest BCUT2D eigenvalue weighted by Crippen LogP contribution is -2.24. The molecule has 0 bridgehead atoms.